The van der Waals surface area contributed by atoms with E-state index in [0.717, 1.165) is 31.6 Å². The van der Waals surface area contributed by atoms with Crippen LogP contribution in [0.15, 0.2) is 30.3 Å². The molecule has 30 heavy (non-hydrogen) atoms. The molecule has 1 saturated carbocycles. The van der Waals surface area contributed by atoms with E-state index in [1.807, 2.05) is 6.07 Å². The Morgan fingerprint density at radius 2 is 1.97 bits per heavy atom. The zero-order valence-corrected chi connectivity index (χ0v) is 18.6. The van der Waals surface area contributed by atoms with Gasteiger partial charge in [-0.1, -0.05) is 17.7 Å². The highest BCUT2D eigenvalue weighted by molar-refractivity contribution is 7.18. The van der Waals surface area contributed by atoms with Crippen LogP contribution in [0.1, 0.15) is 40.1 Å². The van der Waals surface area contributed by atoms with Gasteiger partial charge in [0.05, 0.1) is 9.21 Å². The van der Waals surface area contributed by atoms with Crippen molar-refractivity contribution in [3.8, 4) is 0 Å². The van der Waals surface area contributed by atoms with Crippen LogP contribution in [0, 0.1) is 0 Å². The summed E-state index contributed by atoms with van der Waals surface area (Å²) >= 11 is 7.16. The number of hydrogen-bond acceptors (Lipinski definition) is 5. The quantitative estimate of drug-likeness (QED) is 0.673. The lowest BCUT2D eigenvalue weighted by atomic mass is 9.95. The Labute approximate surface area is 185 Å². The summed E-state index contributed by atoms with van der Waals surface area (Å²) < 4.78 is 0.539. The zero-order valence-electron chi connectivity index (χ0n) is 17.0. The SMILES string of the molecule is CN1CCc2ccc(NC(=O)C3(NC(=O)c4ccc(Cl)s4)CCC(N)C3)cc2CC1. The summed E-state index contributed by atoms with van der Waals surface area (Å²) in [4.78, 5) is 28.9. The lowest BCUT2D eigenvalue weighted by molar-refractivity contribution is -0.122. The molecular formula is C22H27ClN4O2S. The minimum Gasteiger partial charge on any atom is -0.337 e. The van der Waals surface area contributed by atoms with E-state index in [-0.39, 0.29) is 17.9 Å². The van der Waals surface area contributed by atoms with Crippen LogP contribution >= 0.6 is 22.9 Å². The predicted octanol–water partition coefficient (Wildman–Crippen LogP) is 3.05. The molecule has 1 aliphatic carbocycles. The number of nitrogens with two attached hydrogens (primary N) is 1. The average Bonchev–Trinajstić information content (AvgIpc) is 3.26. The van der Waals surface area contributed by atoms with Gasteiger partial charge in [0.25, 0.3) is 5.91 Å². The Bertz CT molecular complexity index is 962. The number of nitrogens with zero attached hydrogens (tertiary/aromatic N) is 1. The van der Waals surface area contributed by atoms with Gasteiger partial charge in [0.2, 0.25) is 5.91 Å². The van der Waals surface area contributed by atoms with Gasteiger partial charge in [-0.15, -0.1) is 11.3 Å². The number of thiophene rings is 1. The van der Waals surface area contributed by atoms with Crippen LogP contribution < -0.4 is 16.4 Å². The first-order chi connectivity index (χ1) is 14.3. The monoisotopic (exact) mass is 446 g/mol. The summed E-state index contributed by atoms with van der Waals surface area (Å²) in [6, 6.07) is 9.35. The number of carbonyl (C=O) groups is 2. The van der Waals surface area contributed by atoms with Crippen molar-refractivity contribution in [1.29, 1.82) is 0 Å². The molecule has 1 aliphatic heterocycles. The van der Waals surface area contributed by atoms with Crippen molar-refractivity contribution in [3.63, 3.8) is 0 Å². The second-order valence-electron chi connectivity index (χ2n) is 8.38. The van der Waals surface area contributed by atoms with Crippen LogP contribution in [0.2, 0.25) is 4.34 Å². The number of fused-ring (bicyclic) bond motifs is 1. The molecule has 0 radical (unpaired) electrons. The number of amides is 2. The molecule has 2 amide bonds. The number of nitrogens with one attached hydrogen (secondary N) is 2. The van der Waals surface area contributed by atoms with Gasteiger partial charge >= 0.3 is 0 Å². The highest BCUT2D eigenvalue weighted by Crippen LogP contribution is 2.32. The molecule has 0 bridgehead atoms. The standard InChI is InChI=1S/C22H27ClN4O2S/c1-27-10-7-14-2-3-17(12-15(14)8-11-27)25-21(29)22(9-6-16(24)13-22)26-20(28)18-4-5-19(23)30-18/h2-5,12,16H,6-11,13,24H2,1H3,(H,25,29)(H,26,28). The van der Waals surface area contributed by atoms with Crippen LogP contribution in [-0.4, -0.2) is 48.4 Å². The van der Waals surface area contributed by atoms with Gasteiger partial charge in [0.1, 0.15) is 5.54 Å². The Morgan fingerprint density at radius 1 is 1.20 bits per heavy atom. The fourth-order valence-electron chi connectivity index (χ4n) is 4.34. The van der Waals surface area contributed by atoms with E-state index in [1.165, 1.54) is 22.5 Å². The van der Waals surface area contributed by atoms with E-state index in [4.69, 9.17) is 17.3 Å². The van der Waals surface area contributed by atoms with Crippen LogP contribution in [0.5, 0.6) is 0 Å². The molecule has 1 aromatic heterocycles. The molecule has 2 atom stereocenters. The van der Waals surface area contributed by atoms with Crippen molar-refractivity contribution in [1.82, 2.24) is 10.2 Å². The largest absolute Gasteiger partial charge is 0.337 e. The van der Waals surface area contributed by atoms with Gasteiger partial charge in [-0.25, -0.2) is 0 Å². The van der Waals surface area contributed by atoms with Gasteiger partial charge in [-0.05, 0) is 74.5 Å². The Morgan fingerprint density at radius 3 is 2.63 bits per heavy atom. The zero-order chi connectivity index (χ0) is 21.3. The highest BCUT2D eigenvalue weighted by atomic mass is 35.5. The molecular weight excluding hydrogens is 420 g/mol. The number of halogens is 1. The van der Waals surface area contributed by atoms with Gasteiger partial charge < -0.3 is 21.3 Å². The van der Waals surface area contributed by atoms with Crippen LogP contribution in [0.25, 0.3) is 0 Å². The maximum absolute atomic E-state index is 13.3. The topological polar surface area (TPSA) is 87.5 Å². The summed E-state index contributed by atoms with van der Waals surface area (Å²) in [6.07, 6.45) is 3.59. The summed E-state index contributed by atoms with van der Waals surface area (Å²) in [5, 5.41) is 6.01. The first-order valence-electron chi connectivity index (χ1n) is 10.3. The number of hydrogen-bond donors (Lipinski definition) is 3. The third kappa shape index (κ3) is 4.54. The molecule has 160 valence electrons. The lowest BCUT2D eigenvalue weighted by Crippen LogP contribution is -2.55. The number of anilines is 1. The molecule has 2 aromatic rings. The second-order valence-corrected chi connectivity index (χ2v) is 10.1. The van der Waals surface area contributed by atoms with Gasteiger partial charge in [0.15, 0.2) is 0 Å². The molecule has 2 unspecified atom stereocenters. The van der Waals surface area contributed by atoms with E-state index >= 15 is 0 Å². The van der Waals surface area contributed by atoms with E-state index in [9.17, 15) is 9.59 Å². The minimum absolute atomic E-state index is 0.120. The summed E-state index contributed by atoms with van der Waals surface area (Å²) in [7, 11) is 2.13. The average molecular weight is 447 g/mol. The smallest absolute Gasteiger partial charge is 0.262 e. The summed E-state index contributed by atoms with van der Waals surface area (Å²) in [5.74, 6) is -0.502. The van der Waals surface area contributed by atoms with Crippen molar-refractivity contribution >= 4 is 40.4 Å². The second kappa shape index (κ2) is 8.67. The van der Waals surface area contributed by atoms with Crippen molar-refractivity contribution in [2.75, 3.05) is 25.5 Å². The third-order valence-electron chi connectivity index (χ3n) is 6.13. The highest BCUT2D eigenvalue weighted by Gasteiger charge is 2.45. The Kier molecular flexibility index (Phi) is 6.16. The molecule has 2 heterocycles. The molecule has 4 rings (SSSR count). The van der Waals surface area contributed by atoms with Crippen molar-refractivity contribution in [3.05, 3.63) is 50.7 Å². The fraction of sp³-hybridized carbons (Fsp3) is 0.455. The van der Waals surface area contributed by atoms with E-state index < -0.39 is 5.54 Å². The maximum atomic E-state index is 13.3. The van der Waals surface area contributed by atoms with Crippen molar-refractivity contribution < 1.29 is 9.59 Å². The minimum atomic E-state index is -1.01. The Balaban J connectivity index is 1.52. The number of benzene rings is 1. The third-order valence-corrected chi connectivity index (χ3v) is 7.36. The normalized spacial score (nSPS) is 24.2. The van der Waals surface area contributed by atoms with Crippen LogP contribution in [0.3, 0.4) is 0 Å². The number of likely N-dealkylation sites (N-methyl/N-ethyl adjacent to an activating group) is 1. The lowest BCUT2D eigenvalue weighted by Gasteiger charge is -2.29. The molecule has 4 N–H and O–H groups in total. The molecule has 8 heteroatoms. The first kappa shape index (κ1) is 21.3. The Hall–Kier alpha value is -1.93. The van der Waals surface area contributed by atoms with Crippen molar-refractivity contribution in [2.24, 2.45) is 5.73 Å². The van der Waals surface area contributed by atoms with Crippen LogP contribution in [-0.2, 0) is 17.6 Å². The first-order valence-corrected chi connectivity index (χ1v) is 11.5. The summed E-state index contributed by atoms with van der Waals surface area (Å²) in [6.45, 7) is 2.04. The van der Waals surface area contributed by atoms with Gasteiger partial charge in [-0.2, -0.15) is 0 Å². The fourth-order valence-corrected chi connectivity index (χ4v) is 5.28. The van der Waals surface area contributed by atoms with E-state index in [2.05, 4.69) is 34.7 Å². The molecule has 1 aromatic carbocycles. The molecule has 2 aliphatic rings. The molecule has 0 spiro atoms. The van der Waals surface area contributed by atoms with E-state index in [1.54, 1.807) is 12.1 Å². The number of rotatable bonds is 4. The van der Waals surface area contributed by atoms with E-state index in [0.29, 0.717) is 28.5 Å². The van der Waals surface area contributed by atoms with Crippen molar-refractivity contribution in [2.45, 2.75) is 43.7 Å². The number of carbonyl (C=O) groups excluding carboxylic acids is 2. The molecule has 6 nitrogen and oxygen atoms in total. The van der Waals surface area contributed by atoms with Gasteiger partial charge in [0, 0.05) is 24.8 Å². The van der Waals surface area contributed by atoms with Gasteiger partial charge in [-0.3, -0.25) is 9.59 Å². The predicted molar refractivity (Wildman–Crippen MR) is 121 cm³/mol. The molecule has 0 saturated heterocycles. The van der Waals surface area contributed by atoms with Crippen LogP contribution in [0.4, 0.5) is 5.69 Å². The molecule has 1 fully saturated rings. The maximum Gasteiger partial charge on any atom is 0.262 e. The summed E-state index contributed by atoms with van der Waals surface area (Å²) in [5.41, 5.74) is 8.48.